The van der Waals surface area contributed by atoms with Crippen molar-refractivity contribution in [2.24, 2.45) is 0 Å². The number of amides is 2. The number of halogens is 1. The van der Waals surface area contributed by atoms with Crippen molar-refractivity contribution in [2.45, 2.75) is 32.1 Å². The average Bonchev–Trinajstić information content (AvgIpc) is 3.12. The van der Waals surface area contributed by atoms with Gasteiger partial charge in [0.1, 0.15) is 5.00 Å². The third kappa shape index (κ3) is 4.75. The highest BCUT2D eigenvalue weighted by Gasteiger charge is 2.27. The molecule has 0 unspecified atom stereocenters. The van der Waals surface area contributed by atoms with Crippen molar-refractivity contribution in [3.8, 4) is 5.75 Å². The first-order valence-electron chi connectivity index (χ1n) is 10.2. The number of carbonyl (C=O) groups excluding carboxylic acids is 2. The van der Waals surface area contributed by atoms with E-state index in [1.54, 1.807) is 18.2 Å². The average molecular weight is 455 g/mol. The largest absolute Gasteiger partial charge is 0.493 e. The lowest BCUT2D eigenvalue weighted by Crippen LogP contribution is -2.19. The number of methoxy groups -OCH3 is 1. The highest BCUT2D eigenvalue weighted by molar-refractivity contribution is 7.17. The quantitative estimate of drug-likeness (QED) is 0.500. The summed E-state index contributed by atoms with van der Waals surface area (Å²) in [5.41, 5.74) is 3.00. The number of carbonyl (C=O) groups is 2. The number of anilines is 2. The van der Waals surface area contributed by atoms with Gasteiger partial charge in [-0.1, -0.05) is 48.0 Å². The van der Waals surface area contributed by atoms with Gasteiger partial charge in [0.05, 0.1) is 29.8 Å². The van der Waals surface area contributed by atoms with Crippen LogP contribution in [0.5, 0.6) is 5.75 Å². The molecule has 1 aliphatic carbocycles. The molecule has 0 fully saturated rings. The molecule has 0 bridgehead atoms. The minimum absolute atomic E-state index is 0.140. The van der Waals surface area contributed by atoms with E-state index in [-0.39, 0.29) is 18.2 Å². The zero-order chi connectivity index (χ0) is 21.8. The maximum atomic E-state index is 13.3. The van der Waals surface area contributed by atoms with Crippen LogP contribution in [0.4, 0.5) is 10.7 Å². The van der Waals surface area contributed by atoms with Gasteiger partial charge in [-0.15, -0.1) is 11.3 Å². The Hall–Kier alpha value is -2.83. The first kappa shape index (κ1) is 21.4. The first-order valence-corrected chi connectivity index (χ1v) is 11.4. The molecule has 31 heavy (non-hydrogen) atoms. The van der Waals surface area contributed by atoms with Crippen LogP contribution in [0.2, 0.25) is 5.02 Å². The summed E-state index contributed by atoms with van der Waals surface area (Å²) in [5.74, 6) is 0.00504. The van der Waals surface area contributed by atoms with E-state index >= 15 is 0 Å². The van der Waals surface area contributed by atoms with Crippen molar-refractivity contribution in [3.05, 3.63) is 75.1 Å². The summed E-state index contributed by atoms with van der Waals surface area (Å²) in [6.07, 6.45) is 4.13. The van der Waals surface area contributed by atoms with Crippen LogP contribution >= 0.6 is 22.9 Å². The molecule has 2 aromatic carbocycles. The Labute approximate surface area is 190 Å². The summed E-state index contributed by atoms with van der Waals surface area (Å²) in [4.78, 5) is 27.2. The number of benzene rings is 2. The summed E-state index contributed by atoms with van der Waals surface area (Å²) in [7, 11) is 1.51. The molecule has 7 heteroatoms. The second-order valence-corrected chi connectivity index (χ2v) is 8.91. The molecule has 0 saturated carbocycles. The van der Waals surface area contributed by atoms with E-state index in [9.17, 15) is 9.59 Å². The van der Waals surface area contributed by atoms with E-state index in [0.717, 1.165) is 36.8 Å². The Morgan fingerprint density at radius 3 is 2.58 bits per heavy atom. The molecule has 4 rings (SSSR count). The van der Waals surface area contributed by atoms with E-state index in [2.05, 4.69) is 10.6 Å². The lowest BCUT2D eigenvalue weighted by atomic mass is 9.95. The summed E-state index contributed by atoms with van der Waals surface area (Å²) in [6, 6.07) is 14.8. The van der Waals surface area contributed by atoms with Gasteiger partial charge in [0.25, 0.3) is 5.91 Å². The third-order valence-electron chi connectivity index (χ3n) is 5.28. The van der Waals surface area contributed by atoms with Crippen LogP contribution in [0.1, 0.15) is 39.2 Å². The number of thiophene rings is 1. The summed E-state index contributed by atoms with van der Waals surface area (Å²) >= 11 is 7.70. The molecule has 1 aromatic heterocycles. The second-order valence-electron chi connectivity index (χ2n) is 7.40. The summed E-state index contributed by atoms with van der Waals surface area (Å²) in [5, 5.41) is 6.93. The van der Waals surface area contributed by atoms with Crippen molar-refractivity contribution in [1.29, 1.82) is 0 Å². The van der Waals surface area contributed by atoms with Crippen LogP contribution in [0.15, 0.2) is 48.5 Å². The fraction of sp³-hybridized carbons (Fsp3) is 0.250. The maximum Gasteiger partial charge on any atom is 0.259 e. The first-order chi connectivity index (χ1) is 15.1. The van der Waals surface area contributed by atoms with E-state index in [0.29, 0.717) is 27.0 Å². The van der Waals surface area contributed by atoms with Gasteiger partial charge in [0.2, 0.25) is 5.91 Å². The van der Waals surface area contributed by atoms with Gasteiger partial charge in [0, 0.05) is 4.88 Å². The molecule has 160 valence electrons. The minimum atomic E-state index is -0.269. The zero-order valence-electron chi connectivity index (χ0n) is 17.2. The molecule has 1 aliphatic rings. The molecule has 5 nitrogen and oxygen atoms in total. The Morgan fingerprint density at radius 2 is 1.81 bits per heavy atom. The summed E-state index contributed by atoms with van der Waals surface area (Å²) in [6.45, 7) is 0. The zero-order valence-corrected chi connectivity index (χ0v) is 18.7. The topological polar surface area (TPSA) is 67.4 Å². The molecular formula is C24H23ClN2O3S. The van der Waals surface area contributed by atoms with Crippen molar-refractivity contribution in [2.75, 3.05) is 17.7 Å². The van der Waals surface area contributed by atoms with E-state index in [1.165, 1.54) is 23.3 Å². The van der Waals surface area contributed by atoms with Gasteiger partial charge in [-0.05, 0) is 48.9 Å². The maximum absolute atomic E-state index is 13.3. The Bertz CT molecular complexity index is 1110. The van der Waals surface area contributed by atoms with Crippen LogP contribution in [-0.4, -0.2) is 18.9 Å². The molecule has 2 N–H and O–H groups in total. The molecule has 0 spiro atoms. The fourth-order valence-corrected chi connectivity index (χ4v) is 5.40. The van der Waals surface area contributed by atoms with Gasteiger partial charge >= 0.3 is 0 Å². The number of ether oxygens (including phenoxy) is 1. The third-order valence-corrected chi connectivity index (χ3v) is 6.78. The standard InChI is InChI=1S/C24H23ClN2O3S/c1-30-22-17(25)11-7-12-18(22)26-23(29)21-16-10-5-6-13-19(16)31-24(21)27-20(28)14-15-8-3-2-4-9-15/h2-4,7-9,11-12H,5-6,10,13-14H2,1H3,(H,26,29)(H,27,28). The number of nitrogens with one attached hydrogen (secondary N) is 2. The lowest BCUT2D eigenvalue weighted by molar-refractivity contribution is -0.115. The monoisotopic (exact) mass is 454 g/mol. The van der Waals surface area contributed by atoms with Gasteiger partial charge in [-0.25, -0.2) is 0 Å². The number of hydrogen-bond donors (Lipinski definition) is 2. The van der Waals surface area contributed by atoms with Gasteiger partial charge in [-0.3, -0.25) is 9.59 Å². The minimum Gasteiger partial charge on any atom is -0.493 e. The Kier molecular flexibility index (Phi) is 6.59. The van der Waals surface area contributed by atoms with Crippen molar-refractivity contribution in [1.82, 2.24) is 0 Å². The predicted octanol–water partition coefficient (Wildman–Crippen LogP) is 5.72. The lowest BCUT2D eigenvalue weighted by Gasteiger charge is -2.15. The van der Waals surface area contributed by atoms with E-state index in [1.807, 2.05) is 30.3 Å². The second kappa shape index (κ2) is 9.54. The molecule has 0 atom stereocenters. The fourth-order valence-electron chi connectivity index (χ4n) is 3.85. The van der Waals surface area contributed by atoms with Gasteiger partial charge in [0.15, 0.2) is 5.75 Å². The van der Waals surface area contributed by atoms with E-state index in [4.69, 9.17) is 16.3 Å². The highest BCUT2D eigenvalue weighted by atomic mass is 35.5. The Morgan fingerprint density at radius 1 is 1.03 bits per heavy atom. The van der Waals surface area contributed by atoms with Gasteiger partial charge in [-0.2, -0.15) is 0 Å². The van der Waals surface area contributed by atoms with Crippen molar-refractivity contribution < 1.29 is 14.3 Å². The number of rotatable bonds is 6. The number of fused-ring (bicyclic) bond motifs is 1. The van der Waals surface area contributed by atoms with Crippen LogP contribution < -0.4 is 15.4 Å². The van der Waals surface area contributed by atoms with E-state index < -0.39 is 0 Å². The van der Waals surface area contributed by atoms with Crippen LogP contribution in [0.3, 0.4) is 0 Å². The van der Waals surface area contributed by atoms with Crippen molar-refractivity contribution >= 4 is 45.4 Å². The number of hydrogen-bond acceptors (Lipinski definition) is 4. The molecule has 3 aromatic rings. The van der Waals surface area contributed by atoms with Crippen LogP contribution in [-0.2, 0) is 24.1 Å². The predicted molar refractivity (Wildman–Crippen MR) is 126 cm³/mol. The SMILES string of the molecule is COc1c(Cl)cccc1NC(=O)c1c(NC(=O)Cc2ccccc2)sc2c1CCCC2. The van der Waals surface area contributed by atoms with Crippen LogP contribution in [0, 0.1) is 0 Å². The number of para-hydroxylation sites is 1. The Balaban J connectivity index is 1.62. The number of aryl methyl sites for hydroxylation is 1. The molecular weight excluding hydrogens is 432 g/mol. The van der Waals surface area contributed by atoms with Crippen molar-refractivity contribution in [3.63, 3.8) is 0 Å². The molecule has 0 aliphatic heterocycles. The van der Waals surface area contributed by atoms with Gasteiger partial charge < -0.3 is 15.4 Å². The smallest absolute Gasteiger partial charge is 0.259 e. The summed E-state index contributed by atoms with van der Waals surface area (Å²) < 4.78 is 5.35. The highest BCUT2D eigenvalue weighted by Crippen LogP contribution is 2.39. The molecule has 2 amide bonds. The molecule has 0 radical (unpaired) electrons. The molecule has 1 heterocycles. The molecule has 0 saturated heterocycles. The normalized spacial score (nSPS) is 12.7. The van der Waals surface area contributed by atoms with Crippen LogP contribution in [0.25, 0.3) is 0 Å².